The van der Waals surface area contributed by atoms with Gasteiger partial charge in [-0.25, -0.2) is 0 Å². The predicted molar refractivity (Wildman–Crippen MR) is 115 cm³/mol. The highest BCUT2D eigenvalue weighted by Crippen LogP contribution is 2.32. The van der Waals surface area contributed by atoms with E-state index in [1.165, 1.54) is 6.07 Å². The number of hydrogen-bond donors (Lipinski definition) is 0. The summed E-state index contributed by atoms with van der Waals surface area (Å²) in [7, 11) is 0. The molecule has 0 amide bonds. The Kier molecular flexibility index (Phi) is 6.48. The van der Waals surface area contributed by atoms with E-state index in [1.807, 2.05) is 20.8 Å². The molecule has 0 spiro atoms. The third-order valence-electron chi connectivity index (χ3n) is 5.27. The molecule has 34 heavy (non-hydrogen) atoms. The molecule has 0 radical (unpaired) electrons. The molecule has 0 saturated heterocycles. The summed E-state index contributed by atoms with van der Waals surface area (Å²) in [5, 5.41) is 0. The fourth-order valence-corrected chi connectivity index (χ4v) is 3.28. The van der Waals surface area contributed by atoms with Crippen molar-refractivity contribution in [2.75, 3.05) is 0 Å². The molecule has 0 aliphatic heterocycles. The van der Waals surface area contributed by atoms with Gasteiger partial charge >= 0.3 is 12.4 Å². The Morgan fingerprint density at radius 2 is 0.824 bits per heavy atom. The Morgan fingerprint density at radius 1 is 0.500 bits per heavy atom. The fourth-order valence-electron chi connectivity index (χ4n) is 3.28. The molecule has 8 heteroatoms. The quantitative estimate of drug-likeness (QED) is 0.288. The van der Waals surface area contributed by atoms with Gasteiger partial charge in [-0.3, -0.25) is 9.59 Å². The van der Waals surface area contributed by atoms with Gasteiger partial charge < -0.3 is 0 Å². The first-order valence-electron chi connectivity index (χ1n) is 10.2. The van der Waals surface area contributed by atoms with Crippen LogP contribution < -0.4 is 0 Å². The van der Waals surface area contributed by atoms with E-state index < -0.39 is 40.5 Å². The summed E-state index contributed by atoms with van der Waals surface area (Å²) in [6.45, 7) is 5.54. The molecule has 178 valence electrons. The normalized spacial score (nSPS) is 12.5. The van der Waals surface area contributed by atoms with E-state index in [1.54, 1.807) is 12.1 Å². The summed E-state index contributed by atoms with van der Waals surface area (Å²) in [5.41, 5.74) is -1.49. The standard InChI is InChI=1S/C26H20F6O2/c1-24(2,3)21-13-17(22(33)15-4-8-19(9-5-15)25(27,28)29)12-18(14-21)23(34)16-6-10-20(11-7-16)26(30,31)32/h4-14H,1-3H3. The Bertz CT molecular complexity index is 1120. The van der Waals surface area contributed by atoms with Gasteiger partial charge in [-0.1, -0.05) is 45.0 Å². The van der Waals surface area contributed by atoms with Gasteiger partial charge in [-0.05, 0) is 53.4 Å². The van der Waals surface area contributed by atoms with Crippen molar-refractivity contribution < 1.29 is 35.9 Å². The van der Waals surface area contributed by atoms with Gasteiger partial charge in [-0.15, -0.1) is 0 Å². The highest BCUT2D eigenvalue weighted by Gasteiger charge is 2.31. The van der Waals surface area contributed by atoms with E-state index in [0.29, 0.717) is 5.56 Å². The number of benzene rings is 3. The molecule has 0 aromatic heterocycles. The maximum absolute atomic E-state index is 13.0. The summed E-state index contributed by atoms with van der Waals surface area (Å²) < 4.78 is 77.0. The maximum Gasteiger partial charge on any atom is 0.416 e. The molecule has 3 rings (SSSR count). The van der Waals surface area contributed by atoms with Crippen LogP contribution in [0.4, 0.5) is 26.3 Å². The molecular formula is C26H20F6O2. The van der Waals surface area contributed by atoms with Crippen LogP contribution in [0.15, 0.2) is 66.7 Å². The van der Waals surface area contributed by atoms with Crippen LogP contribution in [0.1, 0.15) is 69.3 Å². The number of ketones is 2. The zero-order valence-corrected chi connectivity index (χ0v) is 18.4. The Labute approximate surface area is 192 Å². The van der Waals surface area contributed by atoms with Gasteiger partial charge in [0.15, 0.2) is 11.6 Å². The van der Waals surface area contributed by atoms with Crippen LogP contribution in [0.25, 0.3) is 0 Å². The second-order valence-electron chi connectivity index (χ2n) is 8.86. The van der Waals surface area contributed by atoms with Crippen molar-refractivity contribution in [3.63, 3.8) is 0 Å². The fraction of sp³-hybridized carbons (Fsp3) is 0.231. The Morgan fingerprint density at radius 3 is 1.09 bits per heavy atom. The molecule has 0 fully saturated rings. The second kappa shape index (κ2) is 8.74. The molecule has 0 heterocycles. The minimum Gasteiger partial charge on any atom is -0.289 e. The Hall–Kier alpha value is -3.42. The van der Waals surface area contributed by atoms with E-state index >= 15 is 0 Å². The molecular weight excluding hydrogens is 458 g/mol. The molecule has 0 aliphatic rings. The third-order valence-corrected chi connectivity index (χ3v) is 5.27. The van der Waals surface area contributed by atoms with Crippen molar-refractivity contribution in [3.8, 4) is 0 Å². The van der Waals surface area contributed by atoms with Crippen LogP contribution in [0.3, 0.4) is 0 Å². The van der Waals surface area contributed by atoms with Crippen molar-refractivity contribution >= 4 is 11.6 Å². The van der Waals surface area contributed by atoms with Crippen molar-refractivity contribution in [1.82, 2.24) is 0 Å². The van der Waals surface area contributed by atoms with Crippen LogP contribution in [0.5, 0.6) is 0 Å². The van der Waals surface area contributed by atoms with E-state index in [-0.39, 0.29) is 22.3 Å². The minimum absolute atomic E-state index is 0.00647. The first kappa shape index (κ1) is 25.2. The molecule has 0 N–H and O–H groups in total. The van der Waals surface area contributed by atoms with E-state index in [2.05, 4.69) is 0 Å². The van der Waals surface area contributed by atoms with Crippen molar-refractivity contribution in [2.45, 2.75) is 38.5 Å². The number of carbonyl (C=O) groups excluding carboxylic acids is 2. The summed E-state index contributed by atoms with van der Waals surface area (Å²) >= 11 is 0. The average Bonchev–Trinajstić information content (AvgIpc) is 2.76. The van der Waals surface area contributed by atoms with Gasteiger partial charge in [-0.2, -0.15) is 26.3 Å². The maximum atomic E-state index is 13.0. The third kappa shape index (κ3) is 5.55. The Balaban J connectivity index is 2.03. The van der Waals surface area contributed by atoms with Crippen LogP contribution in [0.2, 0.25) is 0 Å². The zero-order valence-electron chi connectivity index (χ0n) is 18.4. The van der Waals surface area contributed by atoms with Crippen LogP contribution in [-0.4, -0.2) is 11.6 Å². The lowest BCUT2D eigenvalue weighted by molar-refractivity contribution is -0.138. The van der Waals surface area contributed by atoms with Crippen molar-refractivity contribution in [3.05, 3.63) is 106 Å². The van der Waals surface area contributed by atoms with Gasteiger partial charge in [0, 0.05) is 22.3 Å². The van der Waals surface area contributed by atoms with Gasteiger partial charge in [0.2, 0.25) is 0 Å². The van der Waals surface area contributed by atoms with Gasteiger partial charge in [0.1, 0.15) is 0 Å². The zero-order chi connectivity index (χ0) is 25.5. The van der Waals surface area contributed by atoms with Crippen LogP contribution in [-0.2, 0) is 17.8 Å². The van der Waals surface area contributed by atoms with Gasteiger partial charge in [0.05, 0.1) is 11.1 Å². The molecule has 0 bridgehead atoms. The lowest BCUT2D eigenvalue weighted by atomic mass is 9.83. The van der Waals surface area contributed by atoms with Crippen molar-refractivity contribution in [1.29, 1.82) is 0 Å². The highest BCUT2D eigenvalue weighted by molar-refractivity contribution is 6.13. The average molecular weight is 478 g/mol. The van der Waals surface area contributed by atoms with E-state index in [0.717, 1.165) is 48.5 Å². The van der Waals surface area contributed by atoms with Crippen LogP contribution in [0, 0.1) is 0 Å². The largest absolute Gasteiger partial charge is 0.416 e. The number of carbonyl (C=O) groups is 2. The number of rotatable bonds is 4. The lowest BCUT2D eigenvalue weighted by Crippen LogP contribution is -2.15. The summed E-state index contributed by atoms with van der Waals surface area (Å²) in [5.74, 6) is -1.16. The summed E-state index contributed by atoms with van der Waals surface area (Å²) in [6.07, 6.45) is -9.09. The monoisotopic (exact) mass is 478 g/mol. The lowest BCUT2D eigenvalue weighted by Gasteiger charge is -2.21. The summed E-state index contributed by atoms with van der Waals surface area (Å²) in [4.78, 5) is 26.1. The van der Waals surface area contributed by atoms with E-state index in [4.69, 9.17) is 0 Å². The predicted octanol–water partition coefficient (Wildman–Crippen LogP) is 7.48. The van der Waals surface area contributed by atoms with E-state index in [9.17, 15) is 35.9 Å². The SMILES string of the molecule is CC(C)(C)c1cc(C(=O)c2ccc(C(F)(F)F)cc2)cc(C(=O)c2ccc(C(F)(F)F)cc2)c1. The smallest absolute Gasteiger partial charge is 0.289 e. The minimum atomic E-state index is -4.55. The number of hydrogen-bond acceptors (Lipinski definition) is 2. The van der Waals surface area contributed by atoms with Gasteiger partial charge in [0.25, 0.3) is 0 Å². The molecule has 3 aromatic rings. The first-order valence-corrected chi connectivity index (χ1v) is 10.2. The molecule has 3 aromatic carbocycles. The topological polar surface area (TPSA) is 34.1 Å². The molecule has 0 saturated carbocycles. The highest BCUT2D eigenvalue weighted by atomic mass is 19.4. The molecule has 0 aliphatic carbocycles. The second-order valence-corrected chi connectivity index (χ2v) is 8.86. The van der Waals surface area contributed by atoms with Crippen molar-refractivity contribution in [2.24, 2.45) is 0 Å². The number of halogens is 6. The molecule has 0 atom stereocenters. The van der Waals surface area contributed by atoms with Crippen LogP contribution >= 0.6 is 0 Å². The molecule has 2 nitrogen and oxygen atoms in total. The summed E-state index contributed by atoms with van der Waals surface area (Å²) in [6, 6.07) is 11.9. The number of alkyl halides is 6. The first-order chi connectivity index (χ1) is 15.6. The molecule has 0 unspecified atom stereocenters.